The summed E-state index contributed by atoms with van der Waals surface area (Å²) in [7, 11) is 0. The van der Waals surface area contributed by atoms with Gasteiger partial charge in [-0.2, -0.15) is 0 Å². The van der Waals surface area contributed by atoms with E-state index in [9.17, 15) is 19.5 Å². The van der Waals surface area contributed by atoms with Crippen LogP contribution in [0.15, 0.2) is 60.7 Å². The van der Waals surface area contributed by atoms with Gasteiger partial charge in [-0.05, 0) is 28.7 Å². The monoisotopic (exact) mass is 476 g/mol. The van der Waals surface area contributed by atoms with Gasteiger partial charge < -0.3 is 24.8 Å². The van der Waals surface area contributed by atoms with E-state index in [1.807, 2.05) is 24.3 Å². The topological polar surface area (TPSA) is 105 Å². The second kappa shape index (κ2) is 9.92. The highest BCUT2D eigenvalue weighted by Gasteiger charge is 2.34. The van der Waals surface area contributed by atoms with Gasteiger partial charge in [0, 0.05) is 19.0 Å². The van der Waals surface area contributed by atoms with Crippen LogP contribution < -0.4 is 5.32 Å². The van der Waals surface area contributed by atoms with Crippen molar-refractivity contribution in [3.8, 4) is 11.1 Å². The molecule has 0 spiro atoms. The van der Waals surface area contributed by atoms with E-state index in [0.717, 1.165) is 11.1 Å². The number of carboxylic acid groups (broad SMARTS) is 1. The zero-order chi connectivity index (χ0) is 24.4. The van der Waals surface area contributed by atoms with Crippen LogP contribution in [-0.2, 0) is 19.1 Å². The zero-order valence-electron chi connectivity index (χ0n) is 19.3. The fourth-order valence-corrected chi connectivity index (χ4v) is 5.17. The molecule has 3 atom stereocenters. The van der Waals surface area contributed by atoms with Crippen molar-refractivity contribution in [1.29, 1.82) is 0 Å². The molecule has 3 unspecified atom stereocenters. The lowest BCUT2D eigenvalue weighted by Gasteiger charge is -2.25. The molecule has 2 aromatic carbocycles. The van der Waals surface area contributed by atoms with Gasteiger partial charge in [-0.25, -0.2) is 4.79 Å². The number of amides is 2. The minimum atomic E-state index is -0.971. The van der Waals surface area contributed by atoms with Crippen LogP contribution in [-0.4, -0.2) is 66.9 Å². The molecule has 1 fully saturated rings. The third-order valence-corrected chi connectivity index (χ3v) is 6.97. The molecule has 0 saturated carbocycles. The molecule has 2 aliphatic carbocycles. The fraction of sp³-hybridized carbons (Fsp3) is 0.370. The first-order valence-corrected chi connectivity index (χ1v) is 11.9. The number of carboxylic acids is 1. The maximum Gasteiger partial charge on any atom is 0.407 e. The number of fused-ring (bicyclic) bond motifs is 3. The minimum Gasteiger partial charge on any atom is -0.481 e. The second-order valence-electron chi connectivity index (χ2n) is 9.20. The Morgan fingerprint density at radius 2 is 1.71 bits per heavy atom. The molecule has 8 nitrogen and oxygen atoms in total. The van der Waals surface area contributed by atoms with E-state index in [0.29, 0.717) is 19.6 Å². The van der Waals surface area contributed by atoms with Crippen molar-refractivity contribution in [2.75, 3.05) is 32.9 Å². The Labute approximate surface area is 203 Å². The molecule has 1 aliphatic heterocycles. The van der Waals surface area contributed by atoms with Gasteiger partial charge in [0.05, 0.1) is 31.1 Å². The minimum absolute atomic E-state index is 0.0194. The smallest absolute Gasteiger partial charge is 0.407 e. The van der Waals surface area contributed by atoms with Gasteiger partial charge in [0.25, 0.3) is 0 Å². The molecule has 2 amide bonds. The van der Waals surface area contributed by atoms with Crippen LogP contribution in [0.25, 0.3) is 11.1 Å². The second-order valence-corrected chi connectivity index (χ2v) is 9.20. The highest BCUT2D eigenvalue weighted by molar-refractivity contribution is 5.82. The van der Waals surface area contributed by atoms with Crippen LogP contribution in [0.3, 0.4) is 0 Å². The SMILES string of the molecule is O=C(NC1C=CC(C(=O)N2CCOCC(C(=O)O)C2)C1)OCC1c2ccccc2-c2ccccc21. The van der Waals surface area contributed by atoms with Crippen molar-refractivity contribution in [1.82, 2.24) is 10.2 Å². The average Bonchev–Trinajstić information content (AvgIpc) is 3.35. The van der Waals surface area contributed by atoms with E-state index in [2.05, 4.69) is 29.6 Å². The number of alkyl carbamates (subject to hydrolysis) is 1. The number of rotatable bonds is 5. The Kier molecular flexibility index (Phi) is 6.55. The first-order valence-electron chi connectivity index (χ1n) is 11.9. The van der Waals surface area contributed by atoms with E-state index < -0.39 is 23.9 Å². The summed E-state index contributed by atoms with van der Waals surface area (Å²) < 4.78 is 10.9. The van der Waals surface area contributed by atoms with Crippen LogP contribution in [0, 0.1) is 11.8 Å². The summed E-state index contributed by atoms with van der Waals surface area (Å²) in [6, 6.07) is 16.0. The maximum atomic E-state index is 13.0. The predicted molar refractivity (Wildman–Crippen MR) is 128 cm³/mol. The molecule has 2 aromatic rings. The third kappa shape index (κ3) is 4.79. The average molecular weight is 477 g/mol. The van der Waals surface area contributed by atoms with Crippen LogP contribution >= 0.6 is 0 Å². The molecule has 0 radical (unpaired) electrons. The number of nitrogens with one attached hydrogen (secondary N) is 1. The molecule has 0 aromatic heterocycles. The van der Waals surface area contributed by atoms with Crippen LogP contribution in [0.5, 0.6) is 0 Å². The van der Waals surface area contributed by atoms with E-state index in [-0.39, 0.29) is 37.6 Å². The van der Waals surface area contributed by atoms with Gasteiger partial charge >= 0.3 is 12.1 Å². The van der Waals surface area contributed by atoms with Crippen LogP contribution in [0.2, 0.25) is 0 Å². The Bertz CT molecular complexity index is 1120. The quantitative estimate of drug-likeness (QED) is 0.643. The van der Waals surface area contributed by atoms with Gasteiger partial charge in [-0.1, -0.05) is 60.7 Å². The van der Waals surface area contributed by atoms with Crippen molar-refractivity contribution in [3.05, 3.63) is 71.8 Å². The largest absolute Gasteiger partial charge is 0.481 e. The highest BCUT2D eigenvalue weighted by atomic mass is 16.5. The molecule has 8 heteroatoms. The molecule has 3 aliphatic rings. The summed E-state index contributed by atoms with van der Waals surface area (Å²) in [6.45, 7) is 1.13. The molecule has 5 rings (SSSR count). The molecule has 182 valence electrons. The van der Waals surface area contributed by atoms with E-state index in [1.165, 1.54) is 11.1 Å². The standard InChI is InChI=1S/C27H28N2O6/c30-25(29-11-12-34-15-18(14-29)26(31)32)17-9-10-19(13-17)28-27(33)35-16-24-22-7-3-1-5-20(22)21-6-2-4-8-23(21)24/h1-10,17-19,24H,11-16H2,(H,28,33)(H,31,32). The number of nitrogens with zero attached hydrogens (tertiary/aromatic N) is 1. The number of hydrogen-bond donors (Lipinski definition) is 2. The molecular weight excluding hydrogens is 448 g/mol. The van der Waals surface area contributed by atoms with Crippen molar-refractivity contribution < 1.29 is 29.0 Å². The number of ether oxygens (including phenoxy) is 2. The summed E-state index contributed by atoms with van der Waals surface area (Å²) >= 11 is 0. The van der Waals surface area contributed by atoms with Crippen molar-refractivity contribution >= 4 is 18.0 Å². The highest BCUT2D eigenvalue weighted by Crippen LogP contribution is 2.44. The fourth-order valence-electron chi connectivity index (χ4n) is 5.17. The molecule has 1 heterocycles. The Morgan fingerprint density at radius 1 is 1.03 bits per heavy atom. The van der Waals surface area contributed by atoms with Crippen molar-refractivity contribution in [2.24, 2.45) is 11.8 Å². The first kappa shape index (κ1) is 23.1. The van der Waals surface area contributed by atoms with Gasteiger partial charge in [-0.15, -0.1) is 0 Å². The summed E-state index contributed by atoms with van der Waals surface area (Å²) in [6.07, 6.45) is 3.47. The normalized spacial score (nSPS) is 23.3. The number of benzene rings is 2. The number of aliphatic carboxylic acids is 1. The summed E-state index contributed by atoms with van der Waals surface area (Å²) in [5.74, 6) is -2.28. The Morgan fingerprint density at radius 3 is 2.40 bits per heavy atom. The summed E-state index contributed by atoms with van der Waals surface area (Å²) in [5.41, 5.74) is 4.63. The molecule has 35 heavy (non-hydrogen) atoms. The van der Waals surface area contributed by atoms with E-state index in [4.69, 9.17) is 9.47 Å². The molecule has 1 saturated heterocycles. The Hall–Kier alpha value is -3.65. The van der Waals surface area contributed by atoms with Crippen molar-refractivity contribution in [3.63, 3.8) is 0 Å². The van der Waals surface area contributed by atoms with Gasteiger partial charge in [-0.3, -0.25) is 9.59 Å². The lowest BCUT2D eigenvalue weighted by molar-refractivity contribution is -0.144. The van der Waals surface area contributed by atoms with Gasteiger partial charge in [0.1, 0.15) is 6.61 Å². The Balaban J connectivity index is 1.15. The summed E-state index contributed by atoms with van der Waals surface area (Å²) in [5, 5.41) is 12.2. The van der Waals surface area contributed by atoms with Crippen LogP contribution in [0.4, 0.5) is 4.79 Å². The zero-order valence-corrected chi connectivity index (χ0v) is 19.3. The van der Waals surface area contributed by atoms with E-state index in [1.54, 1.807) is 17.1 Å². The summed E-state index contributed by atoms with van der Waals surface area (Å²) in [4.78, 5) is 38.5. The lowest BCUT2D eigenvalue weighted by atomic mass is 9.98. The molecular formula is C27H28N2O6. The number of carbonyl (C=O) groups is 3. The van der Waals surface area contributed by atoms with Gasteiger partial charge in [0.2, 0.25) is 5.91 Å². The third-order valence-electron chi connectivity index (χ3n) is 6.97. The molecule has 0 bridgehead atoms. The lowest BCUT2D eigenvalue weighted by Crippen LogP contribution is -2.41. The van der Waals surface area contributed by atoms with Crippen LogP contribution in [0.1, 0.15) is 23.5 Å². The molecule has 2 N–H and O–H groups in total. The predicted octanol–water partition coefficient (Wildman–Crippen LogP) is 3.03. The van der Waals surface area contributed by atoms with Gasteiger partial charge in [0.15, 0.2) is 0 Å². The van der Waals surface area contributed by atoms with E-state index >= 15 is 0 Å². The first-order chi connectivity index (χ1) is 17.0. The number of hydrogen-bond acceptors (Lipinski definition) is 5. The number of carbonyl (C=O) groups excluding carboxylic acids is 2. The maximum absolute atomic E-state index is 13.0. The van der Waals surface area contributed by atoms with Crippen molar-refractivity contribution in [2.45, 2.75) is 18.4 Å².